The molecule has 3 amide bonds. The minimum atomic E-state index is -0.512. The number of hydrogen-bond donors (Lipinski definition) is 1. The van der Waals surface area contributed by atoms with Crippen LogP contribution in [-0.2, 0) is 20.9 Å². The Balaban J connectivity index is 2.17. The van der Waals surface area contributed by atoms with Crippen molar-refractivity contribution in [1.29, 1.82) is 0 Å². The highest BCUT2D eigenvalue weighted by molar-refractivity contribution is 5.82. The van der Waals surface area contributed by atoms with Crippen LogP contribution in [-0.4, -0.2) is 70.5 Å². The predicted molar refractivity (Wildman–Crippen MR) is 89.6 cm³/mol. The monoisotopic (exact) mass is 349 g/mol. The fraction of sp³-hybridized carbons (Fsp3) is 0.562. The molecule has 136 valence electrons. The van der Waals surface area contributed by atoms with Gasteiger partial charge in [-0.25, -0.2) is 4.68 Å². The Morgan fingerprint density at radius 3 is 2.48 bits per heavy atom. The van der Waals surface area contributed by atoms with Gasteiger partial charge in [-0.2, -0.15) is 5.10 Å². The summed E-state index contributed by atoms with van der Waals surface area (Å²) in [5, 5.41) is 6.62. The number of nitrogens with zero attached hydrogens (tertiary/aromatic N) is 4. The molecule has 9 nitrogen and oxygen atoms in total. The maximum absolute atomic E-state index is 12.6. The maximum Gasteiger partial charge on any atom is 0.267 e. The van der Waals surface area contributed by atoms with E-state index in [4.69, 9.17) is 0 Å². The number of amides is 3. The van der Waals surface area contributed by atoms with E-state index in [-0.39, 0.29) is 42.9 Å². The molecule has 1 aromatic heterocycles. The van der Waals surface area contributed by atoms with E-state index in [0.717, 1.165) is 4.68 Å². The molecule has 2 rings (SSSR count). The number of rotatable bonds is 3. The van der Waals surface area contributed by atoms with Crippen molar-refractivity contribution < 1.29 is 14.4 Å². The topological polar surface area (TPSA) is 105 Å². The van der Waals surface area contributed by atoms with Gasteiger partial charge in [0, 0.05) is 46.2 Å². The molecule has 1 aliphatic rings. The van der Waals surface area contributed by atoms with E-state index in [1.807, 2.05) is 0 Å². The molecule has 0 radical (unpaired) electrons. The Bertz CT molecular complexity index is 729. The van der Waals surface area contributed by atoms with Crippen LogP contribution in [0.3, 0.4) is 0 Å². The van der Waals surface area contributed by atoms with Gasteiger partial charge in [-0.1, -0.05) is 0 Å². The number of carbonyl (C=O) groups is 3. The van der Waals surface area contributed by atoms with E-state index >= 15 is 0 Å². The van der Waals surface area contributed by atoms with Gasteiger partial charge in [0.1, 0.15) is 6.54 Å². The summed E-state index contributed by atoms with van der Waals surface area (Å²) < 4.78 is 1.11. The van der Waals surface area contributed by atoms with Crippen LogP contribution in [0.1, 0.15) is 12.6 Å². The van der Waals surface area contributed by atoms with Crippen molar-refractivity contribution in [2.45, 2.75) is 20.4 Å². The van der Waals surface area contributed by atoms with Crippen molar-refractivity contribution in [1.82, 2.24) is 24.9 Å². The summed E-state index contributed by atoms with van der Waals surface area (Å²) in [7, 11) is 1.52. The second kappa shape index (κ2) is 7.91. The minimum Gasteiger partial charge on any atom is -0.359 e. The first kappa shape index (κ1) is 18.6. The molecule has 25 heavy (non-hydrogen) atoms. The fourth-order valence-electron chi connectivity index (χ4n) is 2.79. The Morgan fingerprint density at radius 1 is 1.20 bits per heavy atom. The quantitative estimate of drug-likeness (QED) is 0.723. The van der Waals surface area contributed by atoms with Crippen molar-refractivity contribution in [2.24, 2.45) is 5.92 Å². The Labute approximate surface area is 145 Å². The molecule has 0 saturated carbocycles. The molecular formula is C16H23N5O4. The third-order valence-corrected chi connectivity index (χ3v) is 4.22. The summed E-state index contributed by atoms with van der Waals surface area (Å²) >= 11 is 0. The molecule has 0 aliphatic carbocycles. The summed E-state index contributed by atoms with van der Waals surface area (Å²) in [6.07, 6.45) is 0. The lowest BCUT2D eigenvalue weighted by Crippen LogP contribution is -2.43. The lowest BCUT2D eigenvalue weighted by molar-refractivity contribution is -0.133. The van der Waals surface area contributed by atoms with Crippen LogP contribution in [0.15, 0.2) is 16.9 Å². The van der Waals surface area contributed by atoms with Gasteiger partial charge >= 0.3 is 0 Å². The van der Waals surface area contributed by atoms with Crippen molar-refractivity contribution in [2.75, 3.05) is 33.2 Å². The van der Waals surface area contributed by atoms with Gasteiger partial charge in [-0.05, 0) is 13.0 Å². The van der Waals surface area contributed by atoms with Crippen LogP contribution in [0.5, 0.6) is 0 Å². The van der Waals surface area contributed by atoms with Gasteiger partial charge in [0.05, 0.1) is 11.6 Å². The fourth-order valence-corrected chi connectivity index (χ4v) is 2.79. The summed E-state index contributed by atoms with van der Waals surface area (Å²) in [6, 6.07) is 2.95. The van der Waals surface area contributed by atoms with E-state index in [1.54, 1.807) is 17.9 Å². The van der Waals surface area contributed by atoms with Crippen molar-refractivity contribution >= 4 is 17.7 Å². The highest BCUT2D eigenvalue weighted by Crippen LogP contribution is 2.11. The summed E-state index contributed by atoms with van der Waals surface area (Å²) in [5.41, 5.74) is 0.274. The van der Waals surface area contributed by atoms with E-state index in [0.29, 0.717) is 18.8 Å². The molecular weight excluding hydrogens is 326 g/mol. The molecule has 0 bridgehead atoms. The summed E-state index contributed by atoms with van der Waals surface area (Å²) in [4.78, 5) is 51.3. The maximum atomic E-state index is 12.6. The van der Waals surface area contributed by atoms with E-state index in [2.05, 4.69) is 10.4 Å². The Hall–Kier alpha value is -2.71. The van der Waals surface area contributed by atoms with E-state index in [1.165, 1.54) is 24.9 Å². The first-order chi connectivity index (χ1) is 11.8. The Kier molecular flexibility index (Phi) is 5.89. The van der Waals surface area contributed by atoms with Crippen LogP contribution in [0.4, 0.5) is 0 Å². The lowest BCUT2D eigenvalue weighted by atomic mass is 10.1. The van der Waals surface area contributed by atoms with Crippen LogP contribution >= 0.6 is 0 Å². The number of nitrogens with one attached hydrogen (secondary N) is 1. The highest BCUT2D eigenvalue weighted by Gasteiger charge is 2.30. The number of aromatic nitrogens is 2. The normalized spacial score (nSPS) is 17.8. The largest absolute Gasteiger partial charge is 0.359 e. The molecule has 1 unspecified atom stereocenters. The Morgan fingerprint density at radius 2 is 1.84 bits per heavy atom. The van der Waals surface area contributed by atoms with Crippen molar-refractivity contribution in [3.63, 3.8) is 0 Å². The smallest absolute Gasteiger partial charge is 0.267 e. The molecule has 1 aromatic rings. The lowest BCUT2D eigenvalue weighted by Gasteiger charge is -2.23. The van der Waals surface area contributed by atoms with Gasteiger partial charge in [0.2, 0.25) is 17.7 Å². The van der Waals surface area contributed by atoms with E-state index in [9.17, 15) is 19.2 Å². The molecule has 0 aromatic carbocycles. The van der Waals surface area contributed by atoms with Gasteiger partial charge in [-0.15, -0.1) is 0 Å². The van der Waals surface area contributed by atoms with E-state index < -0.39 is 5.92 Å². The first-order valence-corrected chi connectivity index (χ1v) is 8.11. The highest BCUT2D eigenvalue weighted by atomic mass is 16.2. The average molecular weight is 349 g/mol. The summed E-state index contributed by atoms with van der Waals surface area (Å²) in [6.45, 7) is 4.11. The average Bonchev–Trinajstić information content (AvgIpc) is 2.80. The van der Waals surface area contributed by atoms with Crippen LogP contribution < -0.4 is 10.9 Å². The number of aryl methyl sites for hydroxylation is 1. The second-order valence-corrected chi connectivity index (χ2v) is 6.09. The number of carbonyl (C=O) groups excluding carboxylic acids is 3. The molecule has 1 saturated heterocycles. The predicted octanol–water partition coefficient (Wildman–Crippen LogP) is -1.40. The third-order valence-electron chi connectivity index (χ3n) is 4.22. The molecule has 0 spiro atoms. The molecule has 1 N–H and O–H groups in total. The second-order valence-electron chi connectivity index (χ2n) is 6.09. The standard InChI is InChI=1S/C16H23N5O4/c1-11-4-5-14(23)21(18-11)10-15(24)20-7-6-19(12(2)22)8-13(9-20)16(25)17-3/h4-5,13H,6-10H2,1-3H3,(H,17,25). The van der Waals surface area contributed by atoms with Gasteiger partial charge in [0.25, 0.3) is 5.56 Å². The number of hydrogen-bond acceptors (Lipinski definition) is 5. The van der Waals surface area contributed by atoms with Gasteiger partial charge in [0.15, 0.2) is 0 Å². The van der Waals surface area contributed by atoms with Crippen LogP contribution in [0.2, 0.25) is 0 Å². The van der Waals surface area contributed by atoms with Crippen LogP contribution in [0, 0.1) is 12.8 Å². The zero-order valence-electron chi connectivity index (χ0n) is 14.7. The zero-order chi connectivity index (χ0) is 18.6. The van der Waals surface area contributed by atoms with Crippen molar-refractivity contribution in [3.05, 3.63) is 28.2 Å². The first-order valence-electron chi connectivity index (χ1n) is 8.11. The summed E-state index contributed by atoms with van der Waals surface area (Å²) in [5.74, 6) is -1.18. The molecule has 9 heteroatoms. The van der Waals surface area contributed by atoms with Crippen molar-refractivity contribution in [3.8, 4) is 0 Å². The van der Waals surface area contributed by atoms with Crippen LogP contribution in [0.25, 0.3) is 0 Å². The third kappa shape index (κ3) is 4.65. The molecule has 1 atom stereocenters. The molecule has 2 heterocycles. The molecule has 1 aliphatic heterocycles. The SMILES string of the molecule is CNC(=O)C1CN(C(C)=O)CCN(C(=O)Cn2nc(C)ccc2=O)C1. The van der Waals surface area contributed by atoms with Gasteiger partial charge < -0.3 is 15.1 Å². The molecule has 1 fully saturated rings. The zero-order valence-corrected chi connectivity index (χ0v) is 14.7. The minimum absolute atomic E-state index is 0.139. The van der Waals surface area contributed by atoms with Gasteiger partial charge in [-0.3, -0.25) is 19.2 Å².